The van der Waals surface area contributed by atoms with Crippen LogP contribution in [0.5, 0.6) is 11.5 Å². The van der Waals surface area contributed by atoms with Gasteiger partial charge in [-0.1, -0.05) is 52.0 Å². The van der Waals surface area contributed by atoms with E-state index in [0.717, 1.165) is 11.5 Å². The van der Waals surface area contributed by atoms with E-state index in [1.165, 1.54) is 22.3 Å². The molecule has 31 heavy (non-hydrogen) atoms. The molecule has 0 heterocycles. The number of halogens is 2. The van der Waals surface area contributed by atoms with Crippen LogP contribution >= 0.6 is 35.0 Å². The van der Waals surface area contributed by atoms with Gasteiger partial charge in [-0.05, 0) is 60.1 Å². The molecule has 2 aromatic rings. The van der Waals surface area contributed by atoms with Gasteiger partial charge in [-0.3, -0.25) is 0 Å². The molecule has 172 valence electrons. The van der Waals surface area contributed by atoms with E-state index in [9.17, 15) is 0 Å². The fourth-order valence-corrected chi connectivity index (χ4v) is 4.96. The van der Waals surface area contributed by atoms with Crippen LogP contribution in [0, 0.1) is 13.8 Å². The third-order valence-electron chi connectivity index (χ3n) is 5.16. The monoisotopic (exact) mass is 482 g/mol. The van der Waals surface area contributed by atoms with Gasteiger partial charge in [-0.2, -0.15) is 0 Å². The molecule has 0 amide bonds. The number of rotatable bonds is 12. The van der Waals surface area contributed by atoms with Crippen molar-refractivity contribution in [2.45, 2.75) is 63.9 Å². The summed E-state index contributed by atoms with van der Waals surface area (Å²) in [5.41, 5.74) is 4.84. The molecule has 0 aliphatic heterocycles. The molecule has 0 saturated carbocycles. The molecule has 0 N–H and O–H groups in total. The zero-order chi connectivity index (χ0) is 23.0. The van der Waals surface area contributed by atoms with Gasteiger partial charge in [0, 0.05) is 11.8 Å². The lowest BCUT2D eigenvalue weighted by atomic mass is 10.0. The molecule has 2 aromatic carbocycles. The standard InChI is InChI=1S/C26H36Cl2O2S/c1-17(2)23-9-7-19(5)11-25(23)29-15-21(13-27)31-22(14-28)16-30-26-12-20(6)8-10-24(26)18(3)4/h7-12,17-18,21-22H,13-16H2,1-6H3/t21-,22-/m1/s1. The zero-order valence-electron chi connectivity index (χ0n) is 19.6. The highest BCUT2D eigenvalue weighted by molar-refractivity contribution is 8.00. The maximum Gasteiger partial charge on any atom is 0.123 e. The molecule has 0 bridgehead atoms. The molecule has 0 fully saturated rings. The van der Waals surface area contributed by atoms with Crippen LogP contribution < -0.4 is 9.47 Å². The molecule has 5 heteroatoms. The number of hydrogen-bond acceptors (Lipinski definition) is 3. The lowest BCUT2D eigenvalue weighted by molar-refractivity contribution is 0.311. The van der Waals surface area contributed by atoms with E-state index < -0.39 is 0 Å². The van der Waals surface area contributed by atoms with E-state index in [1.54, 1.807) is 11.8 Å². The van der Waals surface area contributed by atoms with Gasteiger partial charge in [0.05, 0.1) is 10.5 Å². The smallest absolute Gasteiger partial charge is 0.123 e. The topological polar surface area (TPSA) is 18.5 Å². The Labute approximate surface area is 203 Å². The molecule has 2 nitrogen and oxygen atoms in total. The molecule has 0 radical (unpaired) electrons. The Balaban J connectivity index is 1.99. The van der Waals surface area contributed by atoms with Crippen LogP contribution in [0.15, 0.2) is 36.4 Å². The van der Waals surface area contributed by atoms with Crippen LogP contribution in [-0.4, -0.2) is 35.5 Å². The average Bonchev–Trinajstić information content (AvgIpc) is 2.73. The first-order valence-electron chi connectivity index (χ1n) is 11.0. The van der Waals surface area contributed by atoms with Crippen molar-refractivity contribution in [2.24, 2.45) is 0 Å². The highest BCUT2D eigenvalue weighted by Gasteiger charge is 2.20. The van der Waals surface area contributed by atoms with Crippen molar-refractivity contribution in [3.8, 4) is 11.5 Å². The normalized spacial score (nSPS) is 13.5. The summed E-state index contributed by atoms with van der Waals surface area (Å²) in [5.74, 6) is 3.72. The summed E-state index contributed by atoms with van der Waals surface area (Å²) in [5, 5.41) is 0.272. The van der Waals surface area contributed by atoms with E-state index in [2.05, 4.69) is 77.9 Å². The van der Waals surface area contributed by atoms with Gasteiger partial charge in [0.25, 0.3) is 0 Å². The fraction of sp³-hybridized carbons (Fsp3) is 0.538. The lowest BCUT2D eigenvalue weighted by Crippen LogP contribution is -2.25. The summed E-state index contributed by atoms with van der Waals surface area (Å²) in [4.78, 5) is 0. The van der Waals surface area contributed by atoms with Gasteiger partial charge < -0.3 is 9.47 Å². The first-order valence-corrected chi connectivity index (χ1v) is 13.0. The minimum absolute atomic E-state index is 0.136. The maximum atomic E-state index is 6.29. The Morgan fingerprint density at radius 1 is 0.710 bits per heavy atom. The summed E-state index contributed by atoms with van der Waals surface area (Å²) >= 11 is 14.3. The molecule has 2 rings (SSSR count). The van der Waals surface area contributed by atoms with Gasteiger partial charge >= 0.3 is 0 Å². The molecule has 0 aromatic heterocycles. The number of benzene rings is 2. The quantitative estimate of drug-likeness (QED) is 0.285. The van der Waals surface area contributed by atoms with Gasteiger partial charge in [0.15, 0.2) is 0 Å². The minimum Gasteiger partial charge on any atom is -0.492 e. The van der Waals surface area contributed by atoms with E-state index in [0.29, 0.717) is 36.8 Å². The highest BCUT2D eigenvalue weighted by atomic mass is 35.5. The molecule has 0 spiro atoms. The predicted molar refractivity (Wildman–Crippen MR) is 138 cm³/mol. The van der Waals surface area contributed by atoms with E-state index >= 15 is 0 Å². The Morgan fingerprint density at radius 3 is 1.42 bits per heavy atom. The van der Waals surface area contributed by atoms with E-state index in [-0.39, 0.29) is 10.5 Å². The van der Waals surface area contributed by atoms with Crippen LogP contribution in [0.2, 0.25) is 0 Å². The van der Waals surface area contributed by atoms with Crippen LogP contribution in [0.4, 0.5) is 0 Å². The zero-order valence-corrected chi connectivity index (χ0v) is 21.9. The van der Waals surface area contributed by atoms with Crippen LogP contribution in [0.1, 0.15) is 61.8 Å². The number of aryl methyl sites for hydroxylation is 2. The average molecular weight is 484 g/mol. The SMILES string of the molecule is Cc1ccc(C(C)C)c(OC[C@@H](CCl)S[C@H](CCl)COc2cc(C)ccc2C(C)C)c1. The van der Waals surface area contributed by atoms with Gasteiger partial charge in [-0.25, -0.2) is 0 Å². The number of alkyl halides is 2. The van der Waals surface area contributed by atoms with Gasteiger partial charge in [-0.15, -0.1) is 35.0 Å². The van der Waals surface area contributed by atoms with Crippen molar-refractivity contribution in [3.05, 3.63) is 58.7 Å². The maximum absolute atomic E-state index is 6.29. The van der Waals surface area contributed by atoms with Crippen molar-refractivity contribution in [2.75, 3.05) is 25.0 Å². The third kappa shape index (κ3) is 8.11. The summed E-state index contributed by atoms with van der Waals surface area (Å²) in [7, 11) is 0. The molecular formula is C26H36Cl2O2S. The molecular weight excluding hydrogens is 447 g/mol. The molecule has 2 atom stereocenters. The van der Waals surface area contributed by atoms with Crippen molar-refractivity contribution in [3.63, 3.8) is 0 Å². The van der Waals surface area contributed by atoms with Crippen LogP contribution in [-0.2, 0) is 0 Å². The molecule has 0 unspecified atom stereocenters. The summed E-state index contributed by atoms with van der Waals surface area (Å²) in [6, 6.07) is 12.8. The van der Waals surface area contributed by atoms with Gasteiger partial charge in [0.1, 0.15) is 24.7 Å². The van der Waals surface area contributed by atoms with Crippen molar-refractivity contribution in [1.29, 1.82) is 0 Å². The van der Waals surface area contributed by atoms with Crippen molar-refractivity contribution in [1.82, 2.24) is 0 Å². The molecule has 0 aliphatic rings. The Bertz CT molecular complexity index is 756. The first-order chi connectivity index (χ1) is 14.7. The largest absolute Gasteiger partial charge is 0.492 e. The number of hydrogen-bond donors (Lipinski definition) is 0. The second kappa shape index (κ2) is 12.9. The Morgan fingerprint density at radius 2 is 1.10 bits per heavy atom. The number of thioether (sulfide) groups is 1. The minimum atomic E-state index is 0.136. The van der Waals surface area contributed by atoms with E-state index in [4.69, 9.17) is 32.7 Å². The van der Waals surface area contributed by atoms with Crippen molar-refractivity contribution < 1.29 is 9.47 Å². The first kappa shape index (κ1) is 26.2. The number of ether oxygens (including phenoxy) is 2. The van der Waals surface area contributed by atoms with E-state index in [1.807, 2.05) is 0 Å². The molecule has 0 aliphatic carbocycles. The second-order valence-corrected chi connectivity index (χ2v) is 10.9. The fourth-order valence-electron chi connectivity index (χ4n) is 3.37. The predicted octanol–water partition coefficient (Wildman–Crippen LogP) is 7.96. The van der Waals surface area contributed by atoms with Crippen molar-refractivity contribution >= 4 is 35.0 Å². The second-order valence-electron chi connectivity index (χ2n) is 8.70. The summed E-state index contributed by atoms with van der Waals surface area (Å²) in [6.07, 6.45) is 0. The summed E-state index contributed by atoms with van der Waals surface area (Å²) in [6.45, 7) is 14.0. The van der Waals surface area contributed by atoms with Gasteiger partial charge in [0.2, 0.25) is 0 Å². The third-order valence-corrected chi connectivity index (χ3v) is 7.65. The highest BCUT2D eigenvalue weighted by Crippen LogP contribution is 2.31. The van der Waals surface area contributed by atoms with Crippen LogP contribution in [0.3, 0.4) is 0 Å². The lowest BCUT2D eigenvalue weighted by Gasteiger charge is -2.23. The molecule has 0 saturated heterocycles. The Hall–Kier alpha value is -1.03. The van der Waals surface area contributed by atoms with Crippen LogP contribution in [0.25, 0.3) is 0 Å². The summed E-state index contributed by atoms with van der Waals surface area (Å²) < 4.78 is 12.4. The Kier molecular flexibility index (Phi) is 10.9.